The summed E-state index contributed by atoms with van der Waals surface area (Å²) in [6.45, 7) is 0. The topological polar surface area (TPSA) is 55.3 Å². The second-order valence-electron chi connectivity index (χ2n) is 17.4. The Bertz CT molecular complexity index is 4080. The van der Waals surface area contributed by atoms with Crippen molar-refractivity contribution in [3.63, 3.8) is 0 Å². The molecule has 14 rings (SSSR count). The van der Waals surface area contributed by atoms with Crippen molar-refractivity contribution >= 4 is 104 Å². The molecule has 0 bridgehead atoms. The molecule has 5 nitrogen and oxygen atoms in total. The zero-order valence-corrected chi connectivity index (χ0v) is 36.0. The summed E-state index contributed by atoms with van der Waals surface area (Å²) in [5.74, 6) is 1.17. The predicted molar refractivity (Wildman–Crippen MR) is 278 cm³/mol. The third-order valence-corrected chi connectivity index (χ3v) is 13.4. The van der Waals surface area contributed by atoms with Crippen LogP contribution in [-0.4, -0.2) is 9.97 Å². The minimum atomic E-state index is 0.587. The maximum absolute atomic E-state index is 6.43. The second kappa shape index (κ2) is 14.7. The van der Waals surface area contributed by atoms with E-state index in [2.05, 4.69) is 229 Å². The maximum Gasteiger partial charge on any atom is 0.227 e. The Morgan fingerprint density at radius 2 is 0.657 bits per heavy atom. The fourth-order valence-electron chi connectivity index (χ4n) is 9.98. The van der Waals surface area contributed by atoms with E-state index in [1.165, 1.54) is 59.6 Å². The molecule has 0 aliphatic carbocycles. The molecular formula is C62H37N3O2. The number of benzene rings is 12. The largest absolute Gasteiger partial charge is 0.436 e. The first-order valence-corrected chi connectivity index (χ1v) is 22.6. The summed E-state index contributed by atoms with van der Waals surface area (Å²) in [5.41, 5.74) is 10.4. The summed E-state index contributed by atoms with van der Waals surface area (Å²) in [6, 6.07) is 79.7. The molecule has 0 aliphatic heterocycles. The summed E-state index contributed by atoms with van der Waals surface area (Å²) in [7, 11) is 0. The van der Waals surface area contributed by atoms with Crippen molar-refractivity contribution in [2.45, 2.75) is 0 Å². The number of fused-ring (bicyclic) bond motifs is 10. The lowest BCUT2D eigenvalue weighted by Crippen LogP contribution is -2.09. The van der Waals surface area contributed by atoms with E-state index in [9.17, 15) is 0 Å². The zero-order chi connectivity index (χ0) is 44.0. The highest BCUT2D eigenvalue weighted by Gasteiger charge is 2.18. The number of nitrogens with zero attached hydrogens (tertiary/aromatic N) is 3. The number of anilines is 3. The van der Waals surface area contributed by atoms with Gasteiger partial charge in [0.25, 0.3) is 0 Å². The molecule has 0 amide bonds. The van der Waals surface area contributed by atoms with Gasteiger partial charge in [-0.3, -0.25) is 0 Å². The number of oxazole rings is 2. The van der Waals surface area contributed by atoms with E-state index >= 15 is 0 Å². The molecule has 14 aromatic rings. The highest BCUT2D eigenvalue weighted by Crippen LogP contribution is 2.40. The summed E-state index contributed by atoms with van der Waals surface area (Å²) < 4.78 is 12.9. The number of rotatable bonds is 6. The highest BCUT2D eigenvalue weighted by atomic mass is 16.4. The molecule has 0 saturated carbocycles. The first-order chi connectivity index (χ1) is 33.1. The van der Waals surface area contributed by atoms with Crippen LogP contribution in [0.25, 0.3) is 121 Å². The van der Waals surface area contributed by atoms with Crippen LogP contribution in [0.3, 0.4) is 0 Å². The Hall–Kier alpha value is -9.06. The molecule has 2 heterocycles. The van der Waals surface area contributed by atoms with Gasteiger partial charge < -0.3 is 13.7 Å². The molecule has 0 fully saturated rings. The molecular weight excluding hydrogens is 819 g/mol. The molecule has 0 N–H and O–H groups in total. The average molecular weight is 856 g/mol. The lowest BCUT2D eigenvalue weighted by atomic mass is 9.98. The Balaban J connectivity index is 0.839. The lowest BCUT2D eigenvalue weighted by molar-refractivity contribution is 0.620. The molecule has 67 heavy (non-hydrogen) atoms. The van der Waals surface area contributed by atoms with Crippen LogP contribution >= 0.6 is 0 Å². The molecule has 0 spiro atoms. The normalized spacial score (nSPS) is 11.9. The Labute approximate surface area is 384 Å². The Morgan fingerprint density at radius 3 is 1.21 bits per heavy atom. The van der Waals surface area contributed by atoms with Crippen LogP contribution in [0.2, 0.25) is 0 Å². The van der Waals surface area contributed by atoms with Crippen molar-refractivity contribution < 1.29 is 8.83 Å². The number of hydrogen-bond acceptors (Lipinski definition) is 5. The molecule has 5 heteroatoms. The van der Waals surface area contributed by atoms with E-state index in [0.717, 1.165) is 66.5 Å². The van der Waals surface area contributed by atoms with Gasteiger partial charge in [0.05, 0.1) is 0 Å². The van der Waals surface area contributed by atoms with Crippen LogP contribution < -0.4 is 4.90 Å². The van der Waals surface area contributed by atoms with E-state index in [1.807, 2.05) is 0 Å². The molecule has 2 aromatic heterocycles. The van der Waals surface area contributed by atoms with Crippen molar-refractivity contribution in [2.24, 2.45) is 0 Å². The van der Waals surface area contributed by atoms with Gasteiger partial charge in [0.1, 0.15) is 11.0 Å². The smallest absolute Gasteiger partial charge is 0.227 e. The number of aromatic nitrogens is 2. The van der Waals surface area contributed by atoms with Crippen LogP contribution in [-0.2, 0) is 0 Å². The molecule has 0 unspecified atom stereocenters. The summed E-state index contributed by atoms with van der Waals surface area (Å²) in [6.07, 6.45) is 0. The second-order valence-corrected chi connectivity index (χ2v) is 17.4. The molecule has 0 saturated heterocycles. The molecule has 0 radical (unpaired) electrons. The van der Waals surface area contributed by atoms with E-state index < -0.39 is 0 Å². The number of hydrogen-bond donors (Lipinski definition) is 0. The van der Waals surface area contributed by atoms with E-state index in [0.29, 0.717) is 11.8 Å². The van der Waals surface area contributed by atoms with Crippen LogP contribution in [0.5, 0.6) is 0 Å². The summed E-state index contributed by atoms with van der Waals surface area (Å²) in [5, 5.41) is 14.2. The van der Waals surface area contributed by atoms with Crippen LogP contribution in [0.15, 0.2) is 233 Å². The van der Waals surface area contributed by atoms with E-state index in [4.69, 9.17) is 18.8 Å². The average Bonchev–Trinajstić information content (AvgIpc) is 4.01. The quantitative estimate of drug-likeness (QED) is 0.156. The van der Waals surface area contributed by atoms with Crippen LogP contribution in [0, 0.1) is 0 Å². The third kappa shape index (κ3) is 6.32. The fourth-order valence-corrected chi connectivity index (χ4v) is 9.98. The molecule has 0 atom stereocenters. The van der Waals surface area contributed by atoms with E-state index in [1.54, 1.807) is 0 Å². The standard InChI is InChI=1S/C62H37N3O2/c1-2-10-43-31-44(16-13-38(43)7-1)45-17-18-47-33-52(30-25-46(47)32-45)65(50-26-21-41(22-27-50)61-63-57-36-55-48(34-59(57)66-61)19-14-39-8-3-5-11-53(39)55)51-28-23-42(24-29-51)62-64-58-37-56-49(35-60(58)67-62)20-15-40-9-4-6-12-54(40)56/h1-37H. The van der Waals surface area contributed by atoms with Crippen molar-refractivity contribution in [3.05, 3.63) is 224 Å². The van der Waals surface area contributed by atoms with Gasteiger partial charge in [-0.25, -0.2) is 9.97 Å². The third-order valence-electron chi connectivity index (χ3n) is 13.4. The molecule has 312 valence electrons. The predicted octanol–water partition coefficient (Wildman–Crippen LogP) is 17.4. The van der Waals surface area contributed by atoms with Crippen molar-refractivity contribution in [2.75, 3.05) is 4.90 Å². The van der Waals surface area contributed by atoms with Gasteiger partial charge in [-0.05, 0) is 173 Å². The van der Waals surface area contributed by atoms with Crippen LogP contribution in [0.4, 0.5) is 17.1 Å². The minimum Gasteiger partial charge on any atom is -0.436 e. The van der Waals surface area contributed by atoms with Gasteiger partial charge in [-0.2, -0.15) is 0 Å². The summed E-state index contributed by atoms with van der Waals surface area (Å²) >= 11 is 0. The highest BCUT2D eigenvalue weighted by molar-refractivity contribution is 6.12. The summed E-state index contributed by atoms with van der Waals surface area (Å²) in [4.78, 5) is 12.3. The van der Waals surface area contributed by atoms with Gasteiger partial charge >= 0.3 is 0 Å². The van der Waals surface area contributed by atoms with E-state index in [-0.39, 0.29) is 0 Å². The fraction of sp³-hybridized carbons (Fsp3) is 0. The van der Waals surface area contributed by atoms with Crippen molar-refractivity contribution in [3.8, 4) is 34.0 Å². The molecule has 12 aromatic carbocycles. The Kier molecular flexibility index (Phi) is 8.21. The maximum atomic E-state index is 6.43. The lowest BCUT2D eigenvalue weighted by Gasteiger charge is -2.26. The van der Waals surface area contributed by atoms with Gasteiger partial charge in [-0.1, -0.05) is 127 Å². The first kappa shape index (κ1) is 37.3. The van der Waals surface area contributed by atoms with Gasteiger partial charge in [0.15, 0.2) is 11.2 Å². The van der Waals surface area contributed by atoms with Crippen molar-refractivity contribution in [1.82, 2.24) is 9.97 Å². The zero-order valence-electron chi connectivity index (χ0n) is 36.0. The Morgan fingerprint density at radius 1 is 0.269 bits per heavy atom. The van der Waals surface area contributed by atoms with Crippen molar-refractivity contribution in [1.29, 1.82) is 0 Å². The van der Waals surface area contributed by atoms with Gasteiger partial charge in [-0.15, -0.1) is 0 Å². The minimum absolute atomic E-state index is 0.587. The monoisotopic (exact) mass is 855 g/mol. The van der Waals surface area contributed by atoms with Gasteiger partial charge in [0, 0.05) is 28.2 Å². The SMILES string of the molecule is c1ccc2cc(-c3ccc4cc(N(c5ccc(-c6nc7cc8c(ccc9ccccc98)cc7o6)cc5)c5ccc(-c6nc7cc8c(ccc9ccccc98)cc7o6)cc5)ccc4c3)ccc2c1. The van der Waals surface area contributed by atoms with Crippen LogP contribution in [0.1, 0.15) is 0 Å². The molecule has 0 aliphatic rings. The van der Waals surface area contributed by atoms with Gasteiger partial charge in [0.2, 0.25) is 11.8 Å². The first-order valence-electron chi connectivity index (χ1n) is 22.6.